The van der Waals surface area contributed by atoms with Gasteiger partial charge in [-0.15, -0.1) is 0 Å². The monoisotopic (exact) mass is 580 g/mol. The summed E-state index contributed by atoms with van der Waals surface area (Å²) in [5.41, 5.74) is -2.14. The van der Waals surface area contributed by atoms with Crippen LogP contribution in [0.15, 0.2) is 35.2 Å². The molecular weight excluding hydrogens is 557 g/mol. The minimum atomic E-state index is -4.20. The number of sulfonamides is 1. The number of halogens is 4. The third-order valence-electron chi connectivity index (χ3n) is 7.09. The maximum atomic E-state index is 13.7. The van der Waals surface area contributed by atoms with E-state index in [1.807, 2.05) is 0 Å². The molecule has 2 fully saturated rings. The summed E-state index contributed by atoms with van der Waals surface area (Å²) in [6.45, 7) is 1.12. The molecule has 2 saturated carbocycles. The molecule has 2 unspecified atom stereocenters. The van der Waals surface area contributed by atoms with Crippen LogP contribution < -0.4 is 10.0 Å². The largest absolute Gasteiger partial charge is 0.388 e. The summed E-state index contributed by atoms with van der Waals surface area (Å²) < 4.78 is 93.7. The molecule has 4 rings (SSSR count). The molecule has 8 nitrogen and oxygen atoms in total. The van der Waals surface area contributed by atoms with E-state index >= 15 is 0 Å². The van der Waals surface area contributed by atoms with Crippen LogP contribution in [0.25, 0.3) is 0 Å². The number of hydrogen-bond donors (Lipinski definition) is 3. The number of rotatable bonds is 8. The van der Waals surface area contributed by atoms with E-state index in [9.17, 15) is 39.9 Å². The minimum Gasteiger partial charge on any atom is -0.388 e. The molecule has 1 amide bonds. The van der Waals surface area contributed by atoms with Crippen molar-refractivity contribution < 1.29 is 39.9 Å². The average molecular weight is 581 g/mol. The highest BCUT2D eigenvalue weighted by Gasteiger charge is 2.61. The van der Waals surface area contributed by atoms with Gasteiger partial charge in [-0.1, -0.05) is 11.6 Å². The summed E-state index contributed by atoms with van der Waals surface area (Å²) >= 11 is 6.20. The van der Waals surface area contributed by atoms with Crippen molar-refractivity contribution in [2.45, 2.75) is 41.9 Å². The van der Waals surface area contributed by atoms with Gasteiger partial charge in [-0.25, -0.2) is 34.7 Å². The van der Waals surface area contributed by atoms with Crippen molar-refractivity contribution in [3.63, 3.8) is 0 Å². The molecular formula is C23H24ClF3N2O6S2. The van der Waals surface area contributed by atoms with Gasteiger partial charge in [0.25, 0.3) is 5.91 Å². The number of carbonyl (C=O) groups excluding carboxylic acids is 1. The predicted molar refractivity (Wildman–Crippen MR) is 130 cm³/mol. The molecule has 14 heteroatoms. The Morgan fingerprint density at radius 2 is 1.76 bits per heavy atom. The van der Waals surface area contributed by atoms with E-state index < -0.39 is 65.9 Å². The normalized spacial score (nSPS) is 25.4. The number of benzene rings is 2. The topological polar surface area (TPSA) is 130 Å². The van der Waals surface area contributed by atoms with Crippen LogP contribution in [0.3, 0.4) is 0 Å². The van der Waals surface area contributed by atoms with Crippen LogP contribution in [-0.2, 0) is 19.9 Å². The van der Waals surface area contributed by atoms with Gasteiger partial charge in [0.05, 0.1) is 26.5 Å². The maximum absolute atomic E-state index is 13.7. The smallest absolute Gasteiger partial charge is 0.255 e. The van der Waals surface area contributed by atoms with Crippen LogP contribution >= 0.6 is 11.6 Å². The molecule has 0 radical (unpaired) electrons. The Morgan fingerprint density at radius 3 is 2.38 bits per heavy atom. The summed E-state index contributed by atoms with van der Waals surface area (Å²) in [5, 5.41) is 12.1. The maximum Gasteiger partial charge on any atom is 0.255 e. The van der Waals surface area contributed by atoms with Crippen LogP contribution in [0.4, 0.5) is 18.9 Å². The van der Waals surface area contributed by atoms with Crippen LogP contribution in [-0.4, -0.2) is 51.0 Å². The van der Waals surface area contributed by atoms with Crippen molar-refractivity contribution in [3.8, 4) is 0 Å². The highest BCUT2D eigenvalue weighted by molar-refractivity contribution is 7.92. The Labute approximate surface area is 217 Å². The van der Waals surface area contributed by atoms with Gasteiger partial charge in [0, 0.05) is 35.8 Å². The molecule has 2 aromatic rings. The molecule has 0 aromatic heterocycles. The van der Waals surface area contributed by atoms with Crippen molar-refractivity contribution in [1.29, 1.82) is 0 Å². The van der Waals surface area contributed by atoms with Crippen molar-refractivity contribution in [1.82, 2.24) is 4.72 Å². The standard InChI is InChI=1S/C23H24ClF3N2O6S2/c1-2-36(32,33)28-11-23(31)10-13-3-5-15(23)21(13)37(34,35)19-7-12(4-6-16(19)24)22(30)29-14-8-17(25)20(27)18(26)9-14/h4,6-9,13,15,21,28,31H,2-3,5,10-11H2,1H3,(H,29,30)/t13?,15?,21-,23-/m1/s1. The number of fused-ring (bicyclic) bond motifs is 2. The fourth-order valence-corrected chi connectivity index (χ4v) is 8.90. The molecule has 202 valence electrons. The van der Waals surface area contributed by atoms with E-state index in [1.165, 1.54) is 19.1 Å². The van der Waals surface area contributed by atoms with Gasteiger partial charge >= 0.3 is 0 Å². The SMILES string of the molecule is CCS(=O)(=O)NC[C@]1(O)CC2CCC1[C@@H]2S(=O)(=O)c1cc(C(=O)Nc2cc(F)c(F)c(F)c2)ccc1Cl. The van der Waals surface area contributed by atoms with Crippen molar-refractivity contribution in [2.24, 2.45) is 11.8 Å². The van der Waals surface area contributed by atoms with Gasteiger partial charge in [0.2, 0.25) is 10.0 Å². The quantitative estimate of drug-likeness (QED) is 0.411. The van der Waals surface area contributed by atoms with Crippen LogP contribution in [0.1, 0.15) is 36.5 Å². The van der Waals surface area contributed by atoms with Gasteiger partial charge < -0.3 is 10.4 Å². The Bertz CT molecular complexity index is 1450. The van der Waals surface area contributed by atoms with Gasteiger partial charge in [0.1, 0.15) is 0 Å². The molecule has 37 heavy (non-hydrogen) atoms. The molecule has 0 spiro atoms. The molecule has 2 aromatic carbocycles. The summed E-state index contributed by atoms with van der Waals surface area (Å²) in [6.07, 6.45) is 0.947. The number of anilines is 1. The third-order valence-corrected chi connectivity index (χ3v) is 11.3. The first-order valence-corrected chi connectivity index (χ1v) is 15.0. The van der Waals surface area contributed by atoms with E-state index in [1.54, 1.807) is 0 Å². The lowest BCUT2D eigenvalue weighted by atomic mass is 9.84. The molecule has 2 aliphatic carbocycles. The molecule has 3 N–H and O–H groups in total. The lowest BCUT2D eigenvalue weighted by molar-refractivity contribution is -0.00708. The average Bonchev–Trinajstić information content (AvgIpc) is 3.38. The number of hydrogen-bond acceptors (Lipinski definition) is 6. The first-order valence-electron chi connectivity index (χ1n) is 11.4. The summed E-state index contributed by atoms with van der Waals surface area (Å²) in [7, 11) is -7.82. The second kappa shape index (κ2) is 9.84. The fraction of sp³-hybridized carbons (Fsp3) is 0.435. The zero-order chi connectivity index (χ0) is 27.3. The molecule has 4 atom stereocenters. The lowest BCUT2D eigenvalue weighted by Crippen LogP contribution is -2.48. The molecule has 2 aliphatic rings. The van der Waals surface area contributed by atoms with Gasteiger partial charge in [-0.05, 0) is 50.3 Å². The van der Waals surface area contributed by atoms with Gasteiger partial charge in [-0.3, -0.25) is 4.79 Å². The first kappa shape index (κ1) is 27.8. The Balaban J connectivity index is 1.61. The van der Waals surface area contributed by atoms with Gasteiger partial charge in [0.15, 0.2) is 27.3 Å². The van der Waals surface area contributed by atoms with Crippen molar-refractivity contribution >= 4 is 43.1 Å². The van der Waals surface area contributed by atoms with Crippen molar-refractivity contribution in [2.75, 3.05) is 17.6 Å². The third kappa shape index (κ3) is 5.24. The molecule has 0 heterocycles. The number of sulfone groups is 1. The zero-order valence-corrected chi connectivity index (χ0v) is 21.9. The molecule has 0 aliphatic heterocycles. The number of nitrogens with one attached hydrogen (secondary N) is 2. The highest BCUT2D eigenvalue weighted by atomic mass is 35.5. The van der Waals surface area contributed by atoms with Crippen LogP contribution in [0, 0.1) is 29.3 Å². The second-order valence-electron chi connectivity index (χ2n) is 9.34. The number of carbonyl (C=O) groups is 1. The van der Waals surface area contributed by atoms with E-state index in [0.717, 1.165) is 6.07 Å². The van der Waals surface area contributed by atoms with E-state index in [4.69, 9.17) is 11.6 Å². The first-order chi connectivity index (χ1) is 17.2. The number of aliphatic hydroxyl groups is 1. The van der Waals surface area contributed by atoms with Crippen LogP contribution in [0.5, 0.6) is 0 Å². The summed E-state index contributed by atoms with van der Waals surface area (Å²) in [6, 6.07) is 4.58. The van der Waals surface area contributed by atoms with E-state index in [0.29, 0.717) is 25.0 Å². The van der Waals surface area contributed by atoms with Gasteiger partial charge in [-0.2, -0.15) is 0 Å². The lowest BCUT2D eigenvalue weighted by Gasteiger charge is -2.32. The predicted octanol–water partition coefficient (Wildman–Crippen LogP) is 3.25. The highest BCUT2D eigenvalue weighted by Crippen LogP contribution is 2.55. The fourth-order valence-electron chi connectivity index (χ4n) is 5.30. The van der Waals surface area contributed by atoms with E-state index in [2.05, 4.69) is 10.0 Å². The Hall–Kier alpha value is -2.19. The zero-order valence-electron chi connectivity index (χ0n) is 19.5. The van der Waals surface area contributed by atoms with Crippen LogP contribution in [0.2, 0.25) is 5.02 Å². The molecule has 0 saturated heterocycles. The van der Waals surface area contributed by atoms with Crippen molar-refractivity contribution in [3.05, 3.63) is 58.4 Å². The Morgan fingerprint density at radius 1 is 1.11 bits per heavy atom. The summed E-state index contributed by atoms with van der Waals surface area (Å²) in [5.74, 6) is -7.06. The molecule has 2 bridgehead atoms. The summed E-state index contributed by atoms with van der Waals surface area (Å²) in [4.78, 5) is 12.3. The minimum absolute atomic E-state index is 0.0767. The Kier molecular flexibility index (Phi) is 7.40. The second-order valence-corrected chi connectivity index (χ2v) is 13.9. The van der Waals surface area contributed by atoms with E-state index in [-0.39, 0.29) is 39.9 Å². The number of amides is 1.